The van der Waals surface area contributed by atoms with Gasteiger partial charge in [-0.2, -0.15) is 0 Å². The Morgan fingerprint density at radius 2 is 1.91 bits per heavy atom. The van der Waals surface area contributed by atoms with E-state index in [9.17, 15) is 4.79 Å². The van der Waals surface area contributed by atoms with Crippen molar-refractivity contribution < 1.29 is 9.53 Å². The summed E-state index contributed by atoms with van der Waals surface area (Å²) in [6.07, 6.45) is 1.81. The summed E-state index contributed by atoms with van der Waals surface area (Å²) in [7, 11) is 0. The predicted molar refractivity (Wildman–Crippen MR) is 94.1 cm³/mol. The van der Waals surface area contributed by atoms with Gasteiger partial charge in [-0.05, 0) is 71.2 Å². The Labute approximate surface area is 143 Å². The average molecular weight is 339 g/mol. The quantitative estimate of drug-likeness (QED) is 0.884. The number of halogens is 1. The number of nitrogens with one attached hydrogen (secondary N) is 2. The largest absolute Gasteiger partial charge is 0.484 e. The highest BCUT2D eigenvalue weighted by molar-refractivity contribution is 6.30. The minimum Gasteiger partial charge on any atom is -0.484 e. The highest BCUT2D eigenvalue weighted by atomic mass is 35.5. The summed E-state index contributed by atoms with van der Waals surface area (Å²) in [5.74, 6) is 0.605. The fraction of sp³-hybridized carbons (Fsp3) is 0.611. The molecule has 0 radical (unpaired) electrons. The Morgan fingerprint density at radius 3 is 2.48 bits per heavy atom. The SMILES string of the molecule is Cc1cc(Cl)ccc1OCC(=O)NC1CC(C)(C)NC(C)(C)C1. The molecule has 0 spiro atoms. The second-order valence-corrected chi connectivity index (χ2v) is 8.20. The first-order valence-corrected chi connectivity index (χ1v) is 8.42. The fourth-order valence-electron chi connectivity index (χ4n) is 3.61. The summed E-state index contributed by atoms with van der Waals surface area (Å²) < 4.78 is 5.61. The molecule has 1 heterocycles. The molecule has 1 fully saturated rings. The molecule has 5 heteroatoms. The first-order valence-electron chi connectivity index (χ1n) is 8.04. The Kier molecular flexibility index (Phi) is 5.27. The third-order valence-corrected chi connectivity index (χ3v) is 4.29. The fourth-order valence-corrected chi connectivity index (χ4v) is 3.84. The van der Waals surface area contributed by atoms with Crippen molar-refractivity contribution in [2.45, 2.75) is 64.6 Å². The minimum absolute atomic E-state index is 0.00726. The monoisotopic (exact) mass is 338 g/mol. The van der Waals surface area contributed by atoms with Gasteiger partial charge in [-0.3, -0.25) is 4.79 Å². The van der Waals surface area contributed by atoms with E-state index in [1.54, 1.807) is 12.1 Å². The van der Waals surface area contributed by atoms with Gasteiger partial charge < -0.3 is 15.4 Å². The Morgan fingerprint density at radius 1 is 1.30 bits per heavy atom. The number of rotatable bonds is 4. The molecule has 0 bridgehead atoms. The van der Waals surface area contributed by atoms with E-state index in [-0.39, 0.29) is 29.6 Å². The number of carbonyl (C=O) groups is 1. The van der Waals surface area contributed by atoms with Crippen molar-refractivity contribution in [1.82, 2.24) is 10.6 Å². The third kappa shape index (κ3) is 5.40. The summed E-state index contributed by atoms with van der Waals surface area (Å²) in [6, 6.07) is 5.54. The van der Waals surface area contributed by atoms with Crippen LogP contribution in [0, 0.1) is 6.92 Å². The molecular weight excluding hydrogens is 312 g/mol. The van der Waals surface area contributed by atoms with Crippen LogP contribution in [0.5, 0.6) is 5.75 Å². The van der Waals surface area contributed by atoms with Crippen LogP contribution < -0.4 is 15.4 Å². The van der Waals surface area contributed by atoms with E-state index in [1.165, 1.54) is 0 Å². The summed E-state index contributed by atoms with van der Waals surface area (Å²) >= 11 is 5.92. The molecule has 0 saturated carbocycles. The van der Waals surface area contributed by atoms with Crippen molar-refractivity contribution in [2.24, 2.45) is 0 Å². The van der Waals surface area contributed by atoms with Crippen LogP contribution in [-0.2, 0) is 4.79 Å². The number of hydrogen-bond acceptors (Lipinski definition) is 3. The highest BCUT2D eigenvalue weighted by Crippen LogP contribution is 2.28. The summed E-state index contributed by atoms with van der Waals surface area (Å²) in [4.78, 5) is 12.2. The van der Waals surface area contributed by atoms with Gasteiger partial charge in [0.15, 0.2) is 6.61 Å². The zero-order chi connectivity index (χ0) is 17.3. The van der Waals surface area contributed by atoms with Crippen molar-refractivity contribution in [3.63, 3.8) is 0 Å². The third-order valence-electron chi connectivity index (χ3n) is 4.05. The molecule has 1 saturated heterocycles. The normalized spacial score (nSPS) is 20.1. The van der Waals surface area contributed by atoms with E-state index in [0.717, 1.165) is 18.4 Å². The van der Waals surface area contributed by atoms with E-state index in [0.29, 0.717) is 10.8 Å². The molecule has 0 aliphatic carbocycles. The molecule has 1 aromatic carbocycles. The van der Waals surface area contributed by atoms with Gasteiger partial charge >= 0.3 is 0 Å². The molecule has 1 aliphatic rings. The lowest BCUT2D eigenvalue weighted by Crippen LogP contribution is -2.62. The molecule has 0 atom stereocenters. The Hall–Kier alpha value is -1.26. The van der Waals surface area contributed by atoms with Crippen molar-refractivity contribution in [1.29, 1.82) is 0 Å². The van der Waals surface area contributed by atoms with Crippen LogP contribution >= 0.6 is 11.6 Å². The highest BCUT2D eigenvalue weighted by Gasteiger charge is 2.38. The molecule has 23 heavy (non-hydrogen) atoms. The average Bonchev–Trinajstić information content (AvgIpc) is 2.33. The first kappa shape index (κ1) is 18.1. The molecule has 0 aromatic heterocycles. The van der Waals surface area contributed by atoms with Gasteiger partial charge in [-0.25, -0.2) is 0 Å². The zero-order valence-electron chi connectivity index (χ0n) is 14.6. The first-order chi connectivity index (χ1) is 10.6. The smallest absolute Gasteiger partial charge is 0.258 e. The van der Waals surface area contributed by atoms with Crippen LogP contribution in [0.25, 0.3) is 0 Å². The zero-order valence-corrected chi connectivity index (χ0v) is 15.4. The number of aryl methyl sites for hydroxylation is 1. The molecule has 4 nitrogen and oxygen atoms in total. The molecule has 1 aromatic rings. The molecule has 128 valence electrons. The molecule has 2 N–H and O–H groups in total. The molecule has 2 rings (SSSR count). The van der Waals surface area contributed by atoms with Crippen LogP contribution in [0.1, 0.15) is 46.1 Å². The van der Waals surface area contributed by atoms with Crippen LogP contribution in [0.2, 0.25) is 5.02 Å². The van der Waals surface area contributed by atoms with Gasteiger partial charge in [0.2, 0.25) is 0 Å². The van der Waals surface area contributed by atoms with Gasteiger partial charge in [0, 0.05) is 22.1 Å². The van der Waals surface area contributed by atoms with E-state index < -0.39 is 0 Å². The lowest BCUT2D eigenvalue weighted by atomic mass is 9.79. The van der Waals surface area contributed by atoms with Gasteiger partial charge in [0.1, 0.15) is 5.75 Å². The maximum absolute atomic E-state index is 12.2. The van der Waals surface area contributed by atoms with E-state index in [2.05, 4.69) is 38.3 Å². The standard InChI is InChI=1S/C18H27ClN2O2/c1-12-8-13(19)6-7-15(12)23-11-16(22)20-14-9-17(2,3)21-18(4,5)10-14/h6-8,14,21H,9-11H2,1-5H3,(H,20,22). The molecule has 1 aliphatic heterocycles. The second-order valence-electron chi connectivity index (χ2n) is 7.76. The van der Waals surface area contributed by atoms with Gasteiger partial charge in [-0.15, -0.1) is 0 Å². The Balaban J connectivity index is 1.89. The van der Waals surface area contributed by atoms with E-state index >= 15 is 0 Å². The second kappa shape index (κ2) is 6.70. The maximum Gasteiger partial charge on any atom is 0.258 e. The van der Waals surface area contributed by atoms with Crippen LogP contribution in [0.3, 0.4) is 0 Å². The number of benzene rings is 1. The number of hydrogen-bond donors (Lipinski definition) is 2. The van der Waals surface area contributed by atoms with Crippen molar-refractivity contribution >= 4 is 17.5 Å². The maximum atomic E-state index is 12.2. The van der Waals surface area contributed by atoms with Crippen LogP contribution in [0.15, 0.2) is 18.2 Å². The van der Waals surface area contributed by atoms with Gasteiger partial charge in [0.25, 0.3) is 5.91 Å². The van der Waals surface area contributed by atoms with Crippen LogP contribution in [0.4, 0.5) is 0 Å². The summed E-state index contributed by atoms with van der Waals surface area (Å²) in [5, 5.41) is 7.38. The number of ether oxygens (including phenoxy) is 1. The molecular formula is C18H27ClN2O2. The van der Waals surface area contributed by atoms with Crippen molar-refractivity contribution in [3.05, 3.63) is 28.8 Å². The van der Waals surface area contributed by atoms with Gasteiger partial charge in [-0.1, -0.05) is 11.6 Å². The summed E-state index contributed by atoms with van der Waals surface area (Å²) in [6.45, 7) is 10.6. The van der Waals surface area contributed by atoms with Crippen molar-refractivity contribution in [2.75, 3.05) is 6.61 Å². The number of amides is 1. The van der Waals surface area contributed by atoms with E-state index in [1.807, 2.05) is 13.0 Å². The Bertz CT molecular complexity index is 568. The molecule has 0 unspecified atom stereocenters. The number of piperidine rings is 1. The predicted octanol–water partition coefficient (Wildman–Crippen LogP) is 3.45. The molecule has 1 amide bonds. The van der Waals surface area contributed by atoms with Crippen LogP contribution in [-0.4, -0.2) is 29.6 Å². The van der Waals surface area contributed by atoms with E-state index in [4.69, 9.17) is 16.3 Å². The minimum atomic E-state index is -0.0853. The lowest BCUT2D eigenvalue weighted by Gasteiger charge is -2.46. The summed E-state index contributed by atoms with van der Waals surface area (Å²) in [5.41, 5.74) is 0.940. The van der Waals surface area contributed by atoms with Gasteiger partial charge in [0.05, 0.1) is 0 Å². The number of carbonyl (C=O) groups excluding carboxylic acids is 1. The lowest BCUT2D eigenvalue weighted by molar-refractivity contribution is -0.124. The topological polar surface area (TPSA) is 50.4 Å². The van der Waals surface area contributed by atoms with Crippen molar-refractivity contribution in [3.8, 4) is 5.75 Å².